The van der Waals surface area contributed by atoms with Crippen molar-refractivity contribution in [2.45, 2.75) is 241 Å². The number of epoxide rings is 1. The van der Waals surface area contributed by atoms with Crippen molar-refractivity contribution in [3.8, 4) is 5.75 Å². The number of allylic oxidation sites excluding steroid dienone is 8. The van der Waals surface area contributed by atoms with E-state index in [-0.39, 0.29) is 77.0 Å². The van der Waals surface area contributed by atoms with Crippen LogP contribution in [0.25, 0.3) is 0 Å². The van der Waals surface area contributed by atoms with E-state index in [0.717, 1.165) is 124 Å². The van der Waals surface area contributed by atoms with Gasteiger partial charge in [-0.25, -0.2) is 4.79 Å². The molecule has 11 bridgehead atoms. The van der Waals surface area contributed by atoms with Crippen LogP contribution in [0.3, 0.4) is 0 Å². The van der Waals surface area contributed by atoms with Crippen LogP contribution in [0.1, 0.15) is 225 Å². The lowest BCUT2D eigenvalue weighted by Crippen LogP contribution is -2.68. The zero-order chi connectivity index (χ0) is 65.2. The first-order valence-corrected chi connectivity index (χ1v) is 37.5. The topological polar surface area (TPSA) is 220 Å². The monoisotopic (exact) mass is 1290 g/mol. The first kappa shape index (κ1) is 64.1. The summed E-state index contributed by atoms with van der Waals surface area (Å²) in [4.78, 5) is 50.3. The van der Waals surface area contributed by atoms with Gasteiger partial charge < -0.3 is 57.1 Å². The van der Waals surface area contributed by atoms with Gasteiger partial charge in [0.1, 0.15) is 17.7 Å². The van der Waals surface area contributed by atoms with Gasteiger partial charge in [0.25, 0.3) is 5.60 Å². The van der Waals surface area contributed by atoms with Gasteiger partial charge in [-0.1, -0.05) is 118 Å². The largest absolute Gasteiger partial charge is 0.508 e. The van der Waals surface area contributed by atoms with Gasteiger partial charge in [-0.2, -0.15) is 0 Å². The number of hydrogen-bond donors (Lipinski definition) is 9. The predicted molar refractivity (Wildman–Crippen MR) is 368 cm³/mol. The van der Waals surface area contributed by atoms with E-state index >= 15 is 14.4 Å². The molecule has 16 unspecified atom stereocenters. The summed E-state index contributed by atoms with van der Waals surface area (Å²) in [7, 11) is 1.97. The summed E-state index contributed by atoms with van der Waals surface area (Å²) in [5.74, 6) is -0.340. The molecule has 6 heterocycles. The predicted octanol–water partition coefficient (Wildman–Crippen LogP) is 12.5. The van der Waals surface area contributed by atoms with Gasteiger partial charge in [-0.05, 0) is 251 Å². The SMILES string of the molecule is CNC1CCC2=C(NCC=C2CCC(C)=C(CO)CC23OC24C(=O)OC2C5CC(O)C6(CCC7(CCCC7)C6)C6CC(c7cccc(O)c7)C7=CC(=CNC7N)CC(C)(CCCCC7CC=CC8=CC(NCC9CCCCC9)(CC56)C2CC87)Cc2cccc(c2C4=O)C3=O)N1. The lowest BCUT2D eigenvalue weighted by molar-refractivity contribution is -0.199. The molecule has 0 amide bonds. The Bertz CT molecular complexity index is 3640. The summed E-state index contributed by atoms with van der Waals surface area (Å²) in [6, 6.07) is 13.5. The number of dihydropyridines is 2. The summed E-state index contributed by atoms with van der Waals surface area (Å²) in [6.07, 6.45) is 37.8. The Morgan fingerprint density at radius 1 is 0.884 bits per heavy atom. The molecule has 16 atom stereocenters. The molecule has 2 aromatic carbocycles. The van der Waals surface area contributed by atoms with E-state index in [1.165, 1.54) is 74.5 Å². The van der Waals surface area contributed by atoms with Crippen LogP contribution in [-0.2, 0) is 20.7 Å². The summed E-state index contributed by atoms with van der Waals surface area (Å²) in [5.41, 5.74) is 11.6. The zero-order valence-corrected chi connectivity index (χ0v) is 56.8. The minimum Gasteiger partial charge on any atom is -0.508 e. The summed E-state index contributed by atoms with van der Waals surface area (Å²) in [5, 5.41) is 55.9. The molecule has 95 heavy (non-hydrogen) atoms. The second-order valence-electron chi connectivity index (χ2n) is 33.4. The first-order valence-electron chi connectivity index (χ1n) is 37.5. The quantitative estimate of drug-likeness (QED) is 0.0442. The maximum absolute atomic E-state index is 17.1. The molecule has 508 valence electrons. The molecule has 16 rings (SSSR count). The Labute approximate surface area is 563 Å². The number of benzene rings is 2. The second kappa shape index (κ2) is 24.7. The normalized spacial score (nSPS) is 39.6. The van der Waals surface area contributed by atoms with Gasteiger partial charge in [-0.15, -0.1) is 0 Å². The molecular weight excluding hydrogens is 1180 g/mol. The van der Waals surface area contributed by atoms with Crippen molar-refractivity contribution in [2.24, 2.45) is 63.4 Å². The number of phenolic OH excluding ortho intramolecular Hbond substituents is 1. The Morgan fingerprint density at radius 3 is 2.53 bits per heavy atom. The highest BCUT2D eigenvalue weighted by Gasteiger charge is 2.86. The molecule has 0 aromatic heterocycles. The van der Waals surface area contributed by atoms with Crippen molar-refractivity contribution in [3.05, 3.63) is 146 Å². The maximum atomic E-state index is 17.1. The highest BCUT2D eigenvalue weighted by atomic mass is 16.7. The molecule has 5 saturated carbocycles. The number of aliphatic hydroxyl groups excluding tert-OH is 2. The Morgan fingerprint density at radius 2 is 1.71 bits per heavy atom. The number of aromatic hydroxyl groups is 1. The fraction of sp³-hybridized carbons (Fsp3) is 0.642. The molecule has 6 aliphatic heterocycles. The number of carbonyl (C=O) groups excluding carboxylic acids is 3. The van der Waals surface area contributed by atoms with Crippen LogP contribution in [0.2, 0.25) is 0 Å². The molecule has 3 spiro atoms. The van der Waals surface area contributed by atoms with E-state index in [1.54, 1.807) is 12.1 Å². The third kappa shape index (κ3) is 10.8. The van der Waals surface area contributed by atoms with Crippen LogP contribution in [0.5, 0.6) is 5.75 Å². The van der Waals surface area contributed by atoms with Gasteiger partial charge in [-0.3, -0.25) is 9.59 Å². The minimum atomic E-state index is -2.33. The van der Waals surface area contributed by atoms with Crippen LogP contribution < -0.4 is 32.3 Å². The van der Waals surface area contributed by atoms with E-state index in [4.69, 9.17) is 15.2 Å². The Kier molecular flexibility index (Phi) is 16.6. The standard InChI is InChI=1S/C81H106N6O8/c1-48(23-24-52-27-33-84-74-58(52)25-26-68(83-3)87-74)56(46-88)42-80-71(91)59-22-13-20-55-40-76(2)28-8-7-16-51-17-11-19-54-41-79(86-45-49-14-5-4-6-15-49)43-64-62(70(66(79)36-60(51)54)94-75(93)81(80,95-80)72(92)69(55)59)38-67(90)78(32-31-77(47-78)29-9-10-30-77)65(64)37-61(53-18-12-21-57(89)35-53)63-34-50(39-76)44-85-73(63)82/h11-13,18-22,27,34-35,41,44,49,51,60-62,64-68,70,73,83-90H,4-10,14-17,23-26,28-33,36-40,42-43,45-47,82H2,1-3H3. The lowest BCUT2D eigenvalue weighted by atomic mass is 9.45. The van der Waals surface area contributed by atoms with Gasteiger partial charge in [0.2, 0.25) is 5.78 Å². The van der Waals surface area contributed by atoms with Gasteiger partial charge in [0.15, 0.2) is 11.4 Å². The molecule has 14 heteroatoms. The first-order chi connectivity index (χ1) is 46.0. The molecule has 14 nitrogen and oxygen atoms in total. The maximum Gasteiger partial charge on any atom is 0.350 e. The highest BCUT2D eigenvalue weighted by Crippen LogP contribution is 2.71. The van der Waals surface area contributed by atoms with Crippen molar-refractivity contribution in [3.63, 3.8) is 0 Å². The Hall–Kier alpha value is -5.61. The van der Waals surface area contributed by atoms with E-state index in [2.05, 4.69) is 76.2 Å². The summed E-state index contributed by atoms with van der Waals surface area (Å²) in [6.45, 7) is 5.52. The fourth-order valence-electron chi connectivity index (χ4n) is 23.3. The van der Waals surface area contributed by atoms with Crippen LogP contribution in [0.4, 0.5) is 0 Å². The van der Waals surface area contributed by atoms with Crippen LogP contribution in [0, 0.1) is 57.7 Å². The van der Waals surface area contributed by atoms with Gasteiger partial charge in [0, 0.05) is 53.6 Å². The molecule has 10 N–H and O–H groups in total. The minimum absolute atomic E-state index is 0.0758. The average molecular weight is 1290 g/mol. The number of fused-ring (bicyclic) bond motifs is 4. The number of nitrogens with one attached hydrogen (secondary N) is 5. The number of nitrogens with two attached hydrogens (primary N) is 1. The number of rotatable bonds is 11. The van der Waals surface area contributed by atoms with E-state index < -0.39 is 63.5 Å². The molecule has 0 radical (unpaired) electrons. The molecule has 1 saturated heterocycles. The number of aliphatic hydroxyl groups is 2. The molecule has 8 aliphatic carbocycles. The molecule has 6 fully saturated rings. The lowest BCUT2D eigenvalue weighted by Gasteiger charge is -2.63. The third-order valence-corrected chi connectivity index (χ3v) is 28.2. The van der Waals surface area contributed by atoms with E-state index in [1.807, 2.05) is 38.2 Å². The number of esters is 1. The summed E-state index contributed by atoms with van der Waals surface area (Å²) >= 11 is 0. The fourth-order valence-corrected chi connectivity index (χ4v) is 23.3. The number of carbonyl (C=O) groups is 3. The number of Topliss-reactive ketones (excluding diaryl/α,β-unsaturated/α-hetero) is 2. The average Bonchev–Trinajstić information content (AvgIpc) is 1.50. The number of phenols is 1. The van der Waals surface area contributed by atoms with Crippen LogP contribution in [-0.4, -0.2) is 101 Å². The van der Waals surface area contributed by atoms with Crippen LogP contribution in [0.15, 0.2) is 124 Å². The van der Waals surface area contributed by atoms with Crippen molar-refractivity contribution in [1.82, 2.24) is 26.6 Å². The molecule has 14 aliphatic rings. The van der Waals surface area contributed by atoms with Gasteiger partial charge >= 0.3 is 5.97 Å². The van der Waals surface area contributed by atoms with Crippen molar-refractivity contribution in [2.75, 3.05) is 26.7 Å². The molecular formula is C81H106N6O8. The summed E-state index contributed by atoms with van der Waals surface area (Å²) < 4.78 is 14.9. The number of ether oxygens (including phenoxy) is 2. The molecule has 2 aromatic rings. The Balaban J connectivity index is 0.893. The van der Waals surface area contributed by atoms with Crippen LogP contribution >= 0.6 is 0 Å². The number of hydrogen-bond acceptors (Lipinski definition) is 14. The zero-order valence-electron chi connectivity index (χ0n) is 56.8. The van der Waals surface area contributed by atoms with E-state index in [0.29, 0.717) is 56.1 Å². The second-order valence-corrected chi connectivity index (χ2v) is 33.4. The number of ketones is 2. The van der Waals surface area contributed by atoms with E-state index in [9.17, 15) is 15.3 Å². The van der Waals surface area contributed by atoms with Gasteiger partial charge in [0.05, 0.1) is 25.0 Å². The smallest absolute Gasteiger partial charge is 0.350 e. The highest BCUT2D eigenvalue weighted by molar-refractivity contribution is 6.33. The van der Waals surface area contributed by atoms with Crippen molar-refractivity contribution < 1.29 is 39.2 Å². The van der Waals surface area contributed by atoms with Crippen molar-refractivity contribution in [1.29, 1.82) is 0 Å². The third-order valence-electron chi connectivity index (χ3n) is 28.2. The van der Waals surface area contributed by atoms with Crippen molar-refractivity contribution >= 4 is 17.5 Å².